The molecule has 0 aliphatic heterocycles. The van der Waals surface area contributed by atoms with Gasteiger partial charge in [-0.3, -0.25) is 4.79 Å². The molecule has 0 bridgehead atoms. The Morgan fingerprint density at radius 1 is 1.15 bits per heavy atom. The molecule has 1 atom stereocenters. The van der Waals surface area contributed by atoms with Crippen LogP contribution in [-0.2, 0) is 4.79 Å². The molecule has 1 aromatic heterocycles. The molecule has 1 aliphatic rings. The number of fused-ring (bicyclic) bond motifs is 1. The Balaban J connectivity index is 2.24. The summed E-state index contributed by atoms with van der Waals surface area (Å²) >= 11 is 0. The van der Waals surface area contributed by atoms with Crippen molar-refractivity contribution in [2.45, 2.75) is 82.5 Å². The number of para-hydroxylation sites is 1. The van der Waals surface area contributed by atoms with Crippen LogP contribution in [-0.4, -0.2) is 34.3 Å². The van der Waals surface area contributed by atoms with Gasteiger partial charge in [-0.05, 0) is 29.5 Å². The Labute approximate surface area is 163 Å². The first kappa shape index (κ1) is 20.1. The summed E-state index contributed by atoms with van der Waals surface area (Å²) in [6.07, 6.45) is 6.02. The number of nitrogens with zero attached hydrogens (tertiary/aromatic N) is 1. The molecule has 2 N–H and O–H groups in total. The molecule has 0 amide bonds. The average molecular weight is 388 g/mol. The van der Waals surface area contributed by atoms with Crippen molar-refractivity contribution in [3.8, 4) is 0 Å². The highest BCUT2D eigenvalue weighted by molar-refractivity contribution is 6.79. The van der Waals surface area contributed by atoms with E-state index in [4.69, 9.17) is 0 Å². The van der Waals surface area contributed by atoms with Gasteiger partial charge in [0.05, 0.1) is 5.60 Å². The van der Waals surface area contributed by atoms with Gasteiger partial charge in [0.2, 0.25) is 0 Å². The van der Waals surface area contributed by atoms with E-state index in [0.29, 0.717) is 12.8 Å². The van der Waals surface area contributed by atoms with Crippen LogP contribution in [0.25, 0.3) is 10.9 Å². The Morgan fingerprint density at radius 3 is 2.30 bits per heavy atom. The van der Waals surface area contributed by atoms with Crippen molar-refractivity contribution in [3.63, 3.8) is 0 Å². The number of aromatic nitrogens is 1. The van der Waals surface area contributed by atoms with E-state index in [1.54, 1.807) is 0 Å². The summed E-state index contributed by atoms with van der Waals surface area (Å²) in [5.74, 6) is -1.80. The van der Waals surface area contributed by atoms with E-state index < -0.39 is 25.7 Å². The summed E-state index contributed by atoms with van der Waals surface area (Å²) in [6.45, 7) is 11.4. The van der Waals surface area contributed by atoms with E-state index in [0.717, 1.165) is 35.7 Å². The number of carboxylic acids is 1. The lowest BCUT2D eigenvalue weighted by Crippen LogP contribution is -2.45. The van der Waals surface area contributed by atoms with Gasteiger partial charge in [0.1, 0.15) is 5.92 Å². The van der Waals surface area contributed by atoms with Crippen LogP contribution in [0, 0.1) is 0 Å². The fourth-order valence-corrected chi connectivity index (χ4v) is 6.35. The van der Waals surface area contributed by atoms with Crippen molar-refractivity contribution < 1.29 is 15.0 Å². The van der Waals surface area contributed by atoms with Gasteiger partial charge < -0.3 is 14.4 Å². The van der Waals surface area contributed by atoms with Crippen molar-refractivity contribution >= 4 is 25.1 Å². The van der Waals surface area contributed by atoms with Crippen molar-refractivity contribution in [2.24, 2.45) is 0 Å². The Morgan fingerprint density at radius 2 is 1.74 bits per heavy atom. The second kappa shape index (κ2) is 6.78. The zero-order valence-corrected chi connectivity index (χ0v) is 18.2. The van der Waals surface area contributed by atoms with Crippen LogP contribution in [0.1, 0.15) is 64.4 Å². The third-order valence-corrected chi connectivity index (χ3v) is 12.2. The summed E-state index contributed by atoms with van der Waals surface area (Å²) in [6, 6.07) is 8.08. The van der Waals surface area contributed by atoms with Gasteiger partial charge in [-0.15, -0.1) is 0 Å². The summed E-state index contributed by atoms with van der Waals surface area (Å²) in [7, 11) is -1.94. The number of hydrogen-bond acceptors (Lipinski definition) is 2. The number of aliphatic carboxylic acids is 1. The quantitative estimate of drug-likeness (QED) is 0.694. The first-order valence-corrected chi connectivity index (χ1v) is 13.0. The van der Waals surface area contributed by atoms with Crippen LogP contribution < -0.4 is 0 Å². The molecular weight excluding hydrogens is 354 g/mol. The maximum atomic E-state index is 12.3. The molecule has 1 heterocycles. The topological polar surface area (TPSA) is 62.5 Å². The second-order valence-electron chi connectivity index (χ2n) is 9.72. The third kappa shape index (κ3) is 3.36. The summed E-state index contributed by atoms with van der Waals surface area (Å²) in [5.41, 5.74) is 0.698. The Kier molecular flexibility index (Phi) is 5.06. The fourth-order valence-electron chi connectivity index (χ4n) is 4.36. The molecule has 0 radical (unpaired) electrons. The van der Waals surface area contributed by atoms with Gasteiger partial charge in [-0.2, -0.15) is 0 Å². The van der Waals surface area contributed by atoms with Crippen LogP contribution in [0.15, 0.2) is 30.5 Å². The molecular formula is C22H33NO3Si. The van der Waals surface area contributed by atoms with E-state index in [2.05, 4.69) is 44.2 Å². The highest BCUT2D eigenvalue weighted by Gasteiger charge is 2.46. The minimum absolute atomic E-state index is 0.118. The lowest BCUT2D eigenvalue weighted by atomic mass is 9.73. The maximum absolute atomic E-state index is 12.3. The van der Waals surface area contributed by atoms with Gasteiger partial charge in [0.25, 0.3) is 0 Å². The van der Waals surface area contributed by atoms with Gasteiger partial charge in [-0.25, -0.2) is 0 Å². The predicted molar refractivity (Wildman–Crippen MR) is 113 cm³/mol. The zero-order chi connectivity index (χ0) is 20.0. The molecule has 1 unspecified atom stereocenters. The van der Waals surface area contributed by atoms with E-state index in [9.17, 15) is 15.0 Å². The van der Waals surface area contributed by atoms with E-state index in [1.807, 2.05) is 24.4 Å². The normalized spacial score (nSPS) is 19.2. The molecule has 4 nitrogen and oxygen atoms in total. The van der Waals surface area contributed by atoms with Crippen LogP contribution >= 0.6 is 0 Å². The number of hydrogen-bond donors (Lipinski definition) is 2. The molecule has 1 aliphatic carbocycles. The molecule has 3 rings (SSSR count). The summed E-state index contributed by atoms with van der Waals surface area (Å²) in [4.78, 5) is 12.3. The number of benzene rings is 1. The van der Waals surface area contributed by atoms with Gasteiger partial charge in [0, 0.05) is 17.1 Å². The highest BCUT2D eigenvalue weighted by atomic mass is 28.3. The van der Waals surface area contributed by atoms with Crippen LogP contribution in [0.3, 0.4) is 0 Å². The third-order valence-electron chi connectivity index (χ3n) is 7.00. The molecule has 1 fully saturated rings. The molecule has 148 valence electrons. The highest BCUT2D eigenvalue weighted by Crippen LogP contribution is 2.45. The number of aliphatic hydroxyl groups is 1. The zero-order valence-electron chi connectivity index (χ0n) is 17.2. The van der Waals surface area contributed by atoms with Crippen LogP contribution in [0.5, 0.6) is 0 Å². The summed E-state index contributed by atoms with van der Waals surface area (Å²) in [5, 5.41) is 22.5. The minimum Gasteiger partial charge on any atom is -0.481 e. The van der Waals surface area contributed by atoms with Gasteiger partial charge in [0.15, 0.2) is 8.24 Å². The lowest BCUT2D eigenvalue weighted by Gasteiger charge is -2.39. The van der Waals surface area contributed by atoms with Crippen molar-refractivity contribution in [1.82, 2.24) is 4.23 Å². The largest absolute Gasteiger partial charge is 0.481 e. The van der Waals surface area contributed by atoms with Crippen molar-refractivity contribution in [1.29, 1.82) is 0 Å². The minimum atomic E-state index is -1.94. The average Bonchev–Trinajstić information content (AvgIpc) is 2.94. The fraction of sp³-hybridized carbons (Fsp3) is 0.591. The SMILES string of the molecule is CC(C)(C)[Si](C)(C)n1cc(C(C(=O)O)C2(O)CCCCC2)c2ccccc21. The standard InChI is InChI=1S/C22H33NO3Si/c1-21(2,3)27(4,5)23-15-17(16-11-7-8-12-18(16)23)19(20(24)25)22(26)13-9-6-10-14-22/h7-8,11-12,15,19,26H,6,9-10,13-14H2,1-5H3,(H,24,25). The molecule has 0 saturated heterocycles. The smallest absolute Gasteiger partial charge is 0.314 e. The number of carboxylic acid groups (broad SMARTS) is 1. The molecule has 1 saturated carbocycles. The van der Waals surface area contributed by atoms with Gasteiger partial charge in [-0.1, -0.05) is 71.3 Å². The second-order valence-corrected chi connectivity index (χ2v) is 14.8. The van der Waals surface area contributed by atoms with Gasteiger partial charge >= 0.3 is 5.97 Å². The van der Waals surface area contributed by atoms with Crippen molar-refractivity contribution in [2.75, 3.05) is 0 Å². The Bertz CT molecular complexity index is 841. The monoisotopic (exact) mass is 387 g/mol. The first-order valence-electron chi connectivity index (χ1n) is 10.0. The number of carbonyl (C=O) groups is 1. The molecule has 27 heavy (non-hydrogen) atoms. The Hall–Kier alpha value is -1.59. The predicted octanol–water partition coefficient (Wildman–Crippen LogP) is 5.36. The molecule has 1 aromatic carbocycles. The van der Waals surface area contributed by atoms with E-state index in [-0.39, 0.29) is 5.04 Å². The van der Waals surface area contributed by atoms with Crippen LogP contribution in [0.2, 0.25) is 18.1 Å². The first-order chi connectivity index (χ1) is 12.5. The van der Waals surface area contributed by atoms with E-state index in [1.165, 1.54) is 0 Å². The van der Waals surface area contributed by atoms with Crippen molar-refractivity contribution in [3.05, 3.63) is 36.0 Å². The van der Waals surface area contributed by atoms with Crippen LogP contribution in [0.4, 0.5) is 0 Å². The summed E-state index contributed by atoms with van der Waals surface area (Å²) < 4.78 is 2.35. The maximum Gasteiger partial charge on any atom is 0.314 e. The number of rotatable bonds is 4. The molecule has 0 spiro atoms. The lowest BCUT2D eigenvalue weighted by molar-refractivity contribution is -0.147. The molecule has 5 heteroatoms. The van der Waals surface area contributed by atoms with E-state index >= 15 is 0 Å². The molecule has 2 aromatic rings.